The van der Waals surface area contributed by atoms with Crippen LogP contribution in [0.25, 0.3) is 0 Å². The van der Waals surface area contributed by atoms with E-state index in [4.69, 9.17) is 0 Å². The Morgan fingerprint density at radius 3 is 2.68 bits per heavy atom. The van der Waals surface area contributed by atoms with E-state index in [1.807, 2.05) is 17.9 Å². The number of amides is 1. The van der Waals surface area contributed by atoms with Gasteiger partial charge in [0, 0.05) is 24.5 Å². The second-order valence-electron chi connectivity index (χ2n) is 4.84. The van der Waals surface area contributed by atoms with Crippen molar-refractivity contribution in [3.8, 4) is 0 Å². The van der Waals surface area contributed by atoms with Crippen molar-refractivity contribution in [2.24, 2.45) is 4.99 Å². The van der Waals surface area contributed by atoms with Gasteiger partial charge in [0.2, 0.25) is 5.91 Å². The third kappa shape index (κ3) is 6.41. The number of halogens is 2. The summed E-state index contributed by atoms with van der Waals surface area (Å²) in [7, 11) is 0. The molecular weight excluding hydrogens is 479 g/mol. The predicted molar refractivity (Wildman–Crippen MR) is 106 cm³/mol. The fourth-order valence-corrected chi connectivity index (χ4v) is 3.60. The number of hydrogen-bond donors (Lipinski definition) is 2. The van der Waals surface area contributed by atoms with Gasteiger partial charge in [0.05, 0.1) is 10.3 Å². The highest BCUT2D eigenvalue weighted by molar-refractivity contribution is 14.0. The second-order valence-corrected chi connectivity index (χ2v) is 7.39. The maximum Gasteiger partial charge on any atom is 0.244 e. The van der Waals surface area contributed by atoms with Crippen LogP contribution in [0.2, 0.25) is 0 Å². The largest absolute Gasteiger partial charge is 0.357 e. The van der Waals surface area contributed by atoms with Crippen LogP contribution in [0.3, 0.4) is 0 Å². The molecular formula is C14H22BrIN4OS. The SMILES string of the molecule is CCNC(=NCC(=O)N1CCCC1)NCc1ccc(Br)s1.I. The highest BCUT2D eigenvalue weighted by Crippen LogP contribution is 2.21. The molecule has 5 nitrogen and oxygen atoms in total. The topological polar surface area (TPSA) is 56.7 Å². The normalized spacial score (nSPS) is 14.6. The fraction of sp³-hybridized carbons (Fsp3) is 0.571. The van der Waals surface area contributed by atoms with E-state index in [0.717, 1.165) is 36.3 Å². The van der Waals surface area contributed by atoms with E-state index in [0.29, 0.717) is 12.5 Å². The predicted octanol–water partition coefficient (Wildman–Crippen LogP) is 2.81. The lowest BCUT2D eigenvalue weighted by Crippen LogP contribution is -2.38. The molecule has 1 aliphatic rings. The van der Waals surface area contributed by atoms with Crippen molar-refractivity contribution < 1.29 is 4.79 Å². The van der Waals surface area contributed by atoms with E-state index in [2.05, 4.69) is 37.6 Å². The van der Waals surface area contributed by atoms with Gasteiger partial charge in [-0.25, -0.2) is 4.99 Å². The molecule has 1 aliphatic heterocycles. The van der Waals surface area contributed by atoms with Gasteiger partial charge in [-0.2, -0.15) is 0 Å². The summed E-state index contributed by atoms with van der Waals surface area (Å²) >= 11 is 5.14. The Balaban J connectivity index is 0.00000242. The van der Waals surface area contributed by atoms with Crippen molar-refractivity contribution in [1.82, 2.24) is 15.5 Å². The molecule has 2 rings (SSSR count). The summed E-state index contributed by atoms with van der Waals surface area (Å²) in [6.07, 6.45) is 2.22. The minimum absolute atomic E-state index is 0. The summed E-state index contributed by atoms with van der Waals surface area (Å²) in [6.45, 7) is 5.46. The first-order valence-electron chi connectivity index (χ1n) is 7.23. The van der Waals surface area contributed by atoms with E-state index in [1.165, 1.54) is 4.88 Å². The van der Waals surface area contributed by atoms with Crippen molar-refractivity contribution >= 4 is 63.1 Å². The summed E-state index contributed by atoms with van der Waals surface area (Å²) in [4.78, 5) is 19.5. The minimum atomic E-state index is 0. The van der Waals surface area contributed by atoms with Gasteiger partial charge in [-0.05, 0) is 47.8 Å². The van der Waals surface area contributed by atoms with Crippen molar-refractivity contribution in [2.45, 2.75) is 26.3 Å². The molecule has 0 spiro atoms. The third-order valence-electron chi connectivity index (χ3n) is 3.23. The van der Waals surface area contributed by atoms with E-state index >= 15 is 0 Å². The number of likely N-dealkylation sites (tertiary alicyclic amines) is 1. The average Bonchev–Trinajstić information content (AvgIpc) is 3.13. The number of thiophene rings is 1. The van der Waals surface area contributed by atoms with Crippen LogP contribution in [-0.2, 0) is 11.3 Å². The van der Waals surface area contributed by atoms with Gasteiger partial charge >= 0.3 is 0 Å². The molecule has 1 amide bonds. The summed E-state index contributed by atoms with van der Waals surface area (Å²) in [6, 6.07) is 4.10. The van der Waals surface area contributed by atoms with Gasteiger partial charge in [0.25, 0.3) is 0 Å². The maximum atomic E-state index is 12.0. The molecule has 1 saturated heterocycles. The number of hydrogen-bond acceptors (Lipinski definition) is 3. The van der Waals surface area contributed by atoms with Crippen LogP contribution in [0.15, 0.2) is 20.9 Å². The van der Waals surface area contributed by atoms with Gasteiger partial charge < -0.3 is 15.5 Å². The Labute approximate surface area is 161 Å². The smallest absolute Gasteiger partial charge is 0.244 e. The Kier molecular flexibility index (Phi) is 9.34. The van der Waals surface area contributed by atoms with Gasteiger partial charge in [-0.15, -0.1) is 35.3 Å². The van der Waals surface area contributed by atoms with Crippen LogP contribution in [0.4, 0.5) is 0 Å². The fourth-order valence-electron chi connectivity index (χ4n) is 2.17. The number of rotatable bonds is 5. The van der Waals surface area contributed by atoms with Gasteiger partial charge in [0.1, 0.15) is 6.54 Å². The molecule has 1 fully saturated rings. The van der Waals surface area contributed by atoms with Crippen LogP contribution in [0.5, 0.6) is 0 Å². The highest BCUT2D eigenvalue weighted by atomic mass is 127. The van der Waals surface area contributed by atoms with Gasteiger partial charge in [-0.1, -0.05) is 0 Å². The Hall–Kier alpha value is -0.350. The monoisotopic (exact) mass is 500 g/mol. The molecule has 0 aromatic carbocycles. The lowest BCUT2D eigenvalue weighted by atomic mass is 10.4. The molecule has 0 bridgehead atoms. The molecule has 0 unspecified atom stereocenters. The lowest BCUT2D eigenvalue weighted by Gasteiger charge is -2.15. The van der Waals surface area contributed by atoms with Crippen LogP contribution in [0.1, 0.15) is 24.6 Å². The van der Waals surface area contributed by atoms with Gasteiger partial charge in [-0.3, -0.25) is 4.79 Å². The summed E-state index contributed by atoms with van der Waals surface area (Å²) < 4.78 is 1.12. The molecule has 0 saturated carbocycles. The molecule has 0 radical (unpaired) electrons. The molecule has 8 heteroatoms. The zero-order chi connectivity index (χ0) is 15.1. The van der Waals surface area contributed by atoms with E-state index in [9.17, 15) is 4.79 Å². The van der Waals surface area contributed by atoms with Crippen molar-refractivity contribution in [2.75, 3.05) is 26.2 Å². The van der Waals surface area contributed by atoms with E-state index in [1.54, 1.807) is 11.3 Å². The molecule has 1 aromatic rings. The van der Waals surface area contributed by atoms with Crippen LogP contribution in [-0.4, -0.2) is 42.9 Å². The third-order valence-corrected chi connectivity index (χ3v) is 4.86. The number of carbonyl (C=O) groups is 1. The van der Waals surface area contributed by atoms with Crippen molar-refractivity contribution in [1.29, 1.82) is 0 Å². The van der Waals surface area contributed by atoms with Crippen LogP contribution < -0.4 is 10.6 Å². The molecule has 0 atom stereocenters. The first-order chi connectivity index (χ1) is 10.2. The second kappa shape index (κ2) is 10.4. The number of guanidine groups is 1. The first-order valence-corrected chi connectivity index (χ1v) is 8.84. The summed E-state index contributed by atoms with van der Waals surface area (Å²) in [5.74, 6) is 0.804. The number of nitrogens with zero attached hydrogens (tertiary/aromatic N) is 2. The molecule has 2 heterocycles. The number of aliphatic imine (C=N–C) groups is 1. The van der Waals surface area contributed by atoms with E-state index in [-0.39, 0.29) is 36.4 Å². The minimum Gasteiger partial charge on any atom is -0.357 e. The molecule has 2 N–H and O–H groups in total. The quantitative estimate of drug-likeness (QED) is 0.371. The molecule has 22 heavy (non-hydrogen) atoms. The van der Waals surface area contributed by atoms with Crippen LogP contribution in [0, 0.1) is 0 Å². The summed E-state index contributed by atoms with van der Waals surface area (Å²) in [5.41, 5.74) is 0. The molecule has 124 valence electrons. The number of carbonyl (C=O) groups excluding carboxylic acids is 1. The standard InChI is InChI=1S/C14H21BrN4OS.HI/c1-2-16-14(17-9-11-5-6-12(15)21-11)18-10-13(20)19-7-3-4-8-19;/h5-6H,2-4,7-10H2,1H3,(H2,16,17,18);1H. The summed E-state index contributed by atoms with van der Waals surface area (Å²) in [5, 5.41) is 6.42. The Morgan fingerprint density at radius 2 is 2.09 bits per heavy atom. The Bertz CT molecular complexity index is 503. The Morgan fingerprint density at radius 1 is 1.36 bits per heavy atom. The maximum absolute atomic E-state index is 12.0. The van der Waals surface area contributed by atoms with Crippen molar-refractivity contribution in [3.63, 3.8) is 0 Å². The van der Waals surface area contributed by atoms with E-state index < -0.39 is 0 Å². The van der Waals surface area contributed by atoms with Crippen LogP contribution >= 0.6 is 51.2 Å². The van der Waals surface area contributed by atoms with Crippen molar-refractivity contribution in [3.05, 3.63) is 20.8 Å². The zero-order valence-electron chi connectivity index (χ0n) is 12.6. The molecule has 0 aliphatic carbocycles. The molecule has 1 aromatic heterocycles. The zero-order valence-corrected chi connectivity index (χ0v) is 17.3. The lowest BCUT2D eigenvalue weighted by molar-refractivity contribution is -0.128. The first kappa shape index (κ1) is 19.7. The average molecular weight is 501 g/mol. The number of nitrogens with one attached hydrogen (secondary N) is 2. The highest BCUT2D eigenvalue weighted by Gasteiger charge is 2.17. The van der Waals surface area contributed by atoms with Gasteiger partial charge in [0.15, 0.2) is 5.96 Å².